The van der Waals surface area contributed by atoms with Gasteiger partial charge in [0.15, 0.2) is 0 Å². The molecule has 0 radical (unpaired) electrons. The topological polar surface area (TPSA) is 82.3 Å². The number of hydrogen-bond donors (Lipinski definition) is 1. The zero-order valence-corrected chi connectivity index (χ0v) is 14.8. The molecular formula is C18H14F3N3O4. The van der Waals surface area contributed by atoms with Crippen molar-refractivity contribution in [2.24, 2.45) is 14.1 Å². The molecule has 10 heteroatoms. The standard InChI is InChI=1S/C18H14F3N3O4/c1-23-14-13(15(25)24(2)17(23)27)11(12-10(22-14)7-28-16(12)26)8-3-5-9(6-4-8)18(19,20)21/h3-6,11,22H,7H2,1-2H3. The number of alkyl halides is 3. The average Bonchev–Trinajstić information content (AvgIpc) is 3.03. The van der Waals surface area contributed by atoms with E-state index in [2.05, 4.69) is 5.32 Å². The van der Waals surface area contributed by atoms with Crippen LogP contribution in [0.5, 0.6) is 0 Å². The monoisotopic (exact) mass is 393 g/mol. The van der Waals surface area contributed by atoms with E-state index in [0.29, 0.717) is 11.3 Å². The van der Waals surface area contributed by atoms with Gasteiger partial charge in [-0.25, -0.2) is 9.59 Å². The molecule has 28 heavy (non-hydrogen) atoms. The molecule has 1 aromatic heterocycles. The summed E-state index contributed by atoms with van der Waals surface area (Å²) in [4.78, 5) is 37.4. The highest BCUT2D eigenvalue weighted by molar-refractivity contribution is 5.96. The summed E-state index contributed by atoms with van der Waals surface area (Å²) in [6.45, 7) is -0.0753. The highest BCUT2D eigenvalue weighted by Gasteiger charge is 2.41. The van der Waals surface area contributed by atoms with Gasteiger partial charge in [-0.3, -0.25) is 13.9 Å². The lowest BCUT2D eigenvalue weighted by molar-refractivity contribution is -0.138. The maximum absolute atomic E-state index is 12.9. The summed E-state index contributed by atoms with van der Waals surface area (Å²) < 4.78 is 45.9. The summed E-state index contributed by atoms with van der Waals surface area (Å²) in [5.74, 6) is -1.42. The van der Waals surface area contributed by atoms with E-state index in [1.807, 2.05) is 0 Å². The summed E-state index contributed by atoms with van der Waals surface area (Å²) in [7, 11) is 2.76. The highest BCUT2D eigenvalue weighted by atomic mass is 19.4. The number of fused-ring (bicyclic) bond motifs is 1. The average molecular weight is 393 g/mol. The van der Waals surface area contributed by atoms with Crippen LogP contribution in [0.25, 0.3) is 0 Å². The first-order chi connectivity index (χ1) is 13.1. The van der Waals surface area contributed by atoms with Crippen molar-refractivity contribution in [3.63, 3.8) is 0 Å². The zero-order chi connectivity index (χ0) is 20.4. The normalized spacial score (nSPS) is 18.5. The van der Waals surface area contributed by atoms with Crippen molar-refractivity contribution in [1.82, 2.24) is 9.13 Å². The van der Waals surface area contributed by atoms with Gasteiger partial charge in [0.1, 0.15) is 12.4 Å². The Morgan fingerprint density at radius 3 is 2.32 bits per heavy atom. The van der Waals surface area contributed by atoms with Gasteiger partial charge in [-0.15, -0.1) is 0 Å². The van der Waals surface area contributed by atoms with Gasteiger partial charge < -0.3 is 10.1 Å². The second kappa shape index (κ2) is 5.85. The van der Waals surface area contributed by atoms with E-state index in [-0.39, 0.29) is 23.6 Å². The molecule has 0 bridgehead atoms. The van der Waals surface area contributed by atoms with Gasteiger partial charge in [0.2, 0.25) is 0 Å². The van der Waals surface area contributed by atoms with Gasteiger partial charge in [-0.1, -0.05) is 12.1 Å². The molecule has 1 N–H and O–H groups in total. The van der Waals surface area contributed by atoms with Gasteiger partial charge in [0.05, 0.1) is 28.3 Å². The fourth-order valence-electron chi connectivity index (χ4n) is 3.58. The predicted molar refractivity (Wildman–Crippen MR) is 91.8 cm³/mol. The maximum atomic E-state index is 12.9. The third kappa shape index (κ3) is 2.48. The summed E-state index contributed by atoms with van der Waals surface area (Å²) in [6, 6.07) is 4.24. The molecule has 1 unspecified atom stereocenters. The van der Waals surface area contributed by atoms with Crippen molar-refractivity contribution in [1.29, 1.82) is 0 Å². The number of rotatable bonds is 1. The first kappa shape index (κ1) is 18.1. The number of benzene rings is 1. The van der Waals surface area contributed by atoms with Crippen LogP contribution in [0.1, 0.15) is 22.6 Å². The van der Waals surface area contributed by atoms with Crippen LogP contribution in [0, 0.1) is 0 Å². The molecule has 3 heterocycles. The van der Waals surface area contributed by atoms with Crippen molar-refractivity contribution in [2.45, 2.75) is 12.1 Å². The number of anilines is 1. The van der Waals surface area contributed by atoms with E-state index in [4.69, 9.17) is 4.74 Å². The Bertz CT molecular complexity index is 1160. The number of aromatic nitrogens is 2. The molecule has 1 atom stereocenters. The first-order valence-electron chi connectivity index (χ1n) is 8.25. The van der Waals surface area contributed by atoms with Crippen molar-refractivity contribution >= 4 is 11.8 Å². The fraction of sp³-hybridized carbons (Fsp3) is 0.278. The largest absolute Gasteiger partial charge is 0.456 e. The highest BCUT2D eigenvalue weighted by Crippen LogP contribution is 2.42. The van der Waals surface area contributed by atoms with Crippen LogP contribution < -0.4 is 16.6 Å². The Kier molecular flexibility index (Phi) is 3.78. The molecule has 0 spiro atoms. The minimum absolute atomic E-state index is 0.0753. The molecule has 0 amide bonds. The van der Waals surface area contributed by atoms with Crippen LogP contribution in [0.4, 0.5) is 19.0 Å². The van der Waals surface area contributed by atoms with Crippen molar-refractivity contribution in [3.05, 3.63) is 73.1 Å². The molecule has 0 saturated heterocycles. The lowest BCUT2D eigenvalue weighted by Gasteiger charge is -2.28. The fourth-order valence-corrected chi connectivity index (χ4v) is 3.58. The van der Waals surface area contributed by atoms with Gasteiger partial charge in [-0.05, 0) is 17.7 Å². The number of nitrogens with zero attached hydrogens (tertiary/aromatic N) is 2. The summed E-state index contributed by atoms with van der Waals surface area (Å²) in [6.07, 6.45) is -4.51. The van der Waals surface area contributed by atoms with Gasteiger partial charge in [-0.2, -0.15) is 13.2 Å². The van der Waals surface area contributed by atoms with Crippen LogP contribution >= 0.6 is 0 Å². The Hall–Kier alpha value is -3.30. The second-order valence-electron chi connectivity index (χ2n) is 6.61. The van der Waals surface area contributed by atoms with Gasteiger partial charge >= 0.3 is 17.8 Å². The zero-order valence-electron chi connectivity index (χ0n) is 14.8. The Morgan fingerprint density at radius 2 is 1.71 bits per heavy atom. The number of esters is 1. The maximum Gasteiger partial charge on any atom is 0.416 e. The minimum Gasteiger partial charge on any atom is -0.456 e. The SMILES string of the molecule is Cn1c2c(c(=O)n(C)c1=O)C(c1ccc(C(F)(F)F)cc1)C1=C(COC1=O)N2. The Labute approximate surface area is 155 Å². The number of cyclic esters (lactones) is 1. The lowest BCUT2D eigenvalue weighted by Crippen LogP contribution is -2.43. The molecule has 2 aromatic rings. The minimum atomic E-state index is -4.51. The van der Waals surface area contributed by atoms with Crippen LogP contribution in [-0.4, -0.2) is 21.7 Å². The van der Waals surface area contributed by atoms with E-state index in [1.54, 1.807) is 0 Å². The van der Waals surface area contributed by atoms with E-state index >= 15 is 0 Å². The Morgan fingerprint density at radius 1 is 1.07 bits per heavy atom. The van der Waals surface area contributed by atoms with Crippen molar-refractivity contribution in [3.8, 4) is 0 Å². The second-order valence-corrected chi connectivity index (χ2v) is 6.61. The third-order valence-electron chi connectivity index (χ3n) is 5.01. The van der Waals surface area contributed by atoms with E-state index in [9.17, 15) is 27.6 Å². The van der Waals surface area contributed by atoms with Crippen LogP contribution in [0.3, 0.4) is 0 Å². The van der Waals surface area contributed by atoms with E-state index < -0.39 is 34.9 Å². The number of nitrogens with one attached hydrogen (secondary N) is 1. The predicted octanol–water partition coefficient (Wildman–Crippen LogP) is 1.47. The molecule has 7 nitrogen and oxygen atoms in total. The van der Waals surface area contributed by atoms with E-state index in [1.165, 1.54) is 30.8 Å². The van der Waals surface area contributed by atoms with Crippen molar-refractivity contribution in [2.75, 3.05) is 11.9 Å². The van der Waals surface area contributed by atoms with E-state index in [0.717, 1.165) is 16.7 Å². The molecular weight excluding hydrogens is 379 g/mol. The molecule has 1 aromatic carbocycles. The molecule has 2 aliphatic rings. The molecule has 0 fully saturated rings. The molecule has 146 valence electrons. The third-order valence-corrected chi connectivity index (χ3v) is 5.01. The molecule has 4 rings (SSSR count). The summed E-state index contributed by atoms with van der Waals surface area (Å²) in [5, 5.41) is 2.91. The number of hydrogen-bond acceptors (Lipinski definition) is 5. The number of carbonyl (C=O) groups is 1. The number of halogens is 3. The van der Waals surface area contributed by atoms with Crippen LogP contribution in [0.15, 0.2) is 45.1 Å². The lowest BCUT2D eigenvalue weighted by atomic mass is 9.82. The quantitative estimate of drug-likeness (QED) is 0.742. The van der Waals surface area contributed by atoms with Gasteiger partial charge in [0, 0.05) is 14.1 Å². The number of carbonyl (C=O) groups excluding carboxylic acids is 1. The van der Waals surface area contributed by atoms with Crippen LogP contribution in [0.2, 0.25) is 0 Å². The molecule has 0 saturated carbocycles. The van der Waals surface area contributed by atoms with Crippen LogP contribution in [-0.2, 0) is 29.8 Å². The number of ether oxygens (including phenoxy) is 1. The summed E-state index contributed by atoms with van der Waals surface area (Å²) in [5.41, 5.74) is -1.10. The Balaban J connectivity index is 1.99. The van der Waals surface area contributed by atoms with Gasteiger partial charge in [0.25, 0.3) is 5.56 Å². The van der Waals surface area contributed by atoms with Crippen molar-refractivity contribution < 1.29 is 22.7 Å². The smallest absolute Gasteiger partial charge is 0.416 e. The molecule has 0 aliphatic carbocycles. The molecule has 2 aliphatic heterocycles. The summed E-state index contributed by atoms with van der Waals surface area (Å²) >= 11 is 0. The first-order valence-corrected chi connectivity index (χ1v) is 8.25.